The maximum atomic E-state index is 12.9. The zero-order valence-corrected chi connectivity index (χ0v) is 17.8. The summed E-state index contributed by atoms with van der Waals surface area (Å²) < 4.78 is 2.18. The molecule has 6 rings (SSSR count). The van der Waals surface area contributed by atoms with Gasteiger partial charge < -0.3 is 9.88 Å². The summed E-state index contributed by atoms with van der Waals surface area (Å²) in [7, 11) is 0. The highest BCUT2D eigenvalue weighted by molar-refractivity contribution is 5.94. The largest absolute Gasteiger partial charge is 0.321 e. The van der Waals surface area contributed by atoms with Gasteiger partial charge in [0, 0.05) is 23.9 Å². The van der Waals surface area contributed by atoms with Gasteiger partial charge in [-0.05, 0) is 79.0 Å². The molecule has 3 aromatic rings. The molecule has 6 heteroatoms. The molecule has 1 aromatic carbocycles. The van der Waals surface area contributed by atoms with E-state index in [1.165, 1.54) is 31.2 Å². The molecule has 0 saturated heterocycles. The highest BCUT2D eigenvalue weighted by atomic mass is 16.1. The molecular weight excluding hydrogens is 398 g/mol. The quantitative estimate of drug-likeness (QED) is 0.611. The van der Waals surface area contributed by atoms with Crippen molar-refractivity contribution < 1.29 is 4.79 Å². The number of carbonyl (C=O) groups excluding carboxylic acids is 1. The molecule has 1 amide bonds. The predicted molar refractivity (Wildman–Crippen MR) is 122 cm³/mol. The molecule has 2 saturated carbocycles. The van der Waals surface area contributed by atoms with Gasteiger partial charge in [0.05, 0.1) is 0 Å². The van der Waals surface area contributed by atoms with Crippen LogP contribution in [0.15, 0.2) is 72.8 Å². The monoisotopic (exact) mass is 423 g/mol. The van der Waals surface area contributed by atoms with E-state index in [0.717, 1.165) is 35.0 Å². The smallest absolute Gasteiger partial charge is 0.274 e. The fourth-order valence-electron chi connectivity index (χ4n) is 4.39. The topological polar surface area (TPSA) is 72.7 Å². The second-order valence-electron chi connectivity index (χ2n) is 8.97. The number of nitrogens with one attached hydrogen (secondary N) is 1. The van der Waals surface area contributed by atoms with E-state index >= 15 is 0 Å². The summed E-state index contributed by atoms with van der Waals surface area (Å²) in [6.07, 6.45) is 15.4. The van der Waals surface area contributed by atoms with Crippen LogP contribution in [-0.2, 0) is 0 Å². The van der Waals surface area contributed by atoms with E-state index in [-0.39, 0.29) is 11.8 Å². The van der Waals surface area contributed by atoms with Crippen LogP contribution in [-0.4, -0.2) is 25.7 Å². The number of hydrogen-bond donors (Lipinski definition) is 1. The zero-order valence-electron chi connectivity index (χ0n) is 17.8. The Morgan fingerprint density at radius 2 is 1.88 bits per heavy atom. The normalized spacial score (nSPS) is 20.1. The second kappa shape index (κ2) is 7.86. The van der Waals surface area contributed by atoms with Crippen LogP contribution in [0.1, 0.15) is 71.9 Å². The van der Waals surface area contributed by atoms with Crippen LogP contribution in [0.5, 0.6) is 0 Å². The first kappa shape index (κ1) is 19.2. The van der Waals surface area contributed by atoms with E-state index in [4.69, 9.17) is 0 Å². The van der Waals surface area contributed by atoms with Gasteiger partial charge in [-0.2, -0.15) is 0 Å². The minimum absolute atomic E-state index is 0.114. The lowest BCUT2D eigenvalue weighted by atomic mass is 9.98. The first-order chi connectivity index (χ1) is 15.7. The van der Waals surface area contributed by atoms with Gasteiger partial charge in [0.1, 0.15) is 17.8 Å². The van der Waals surface area contributed by atoms with Crippen molar-refractivity contribution in [3.05, 3.63) is 89.9 Å². The van der Waals surface area contributed by atoms with Crippen molar-refractivity contribution in [1.82, 2.24) is 25.1 Å². The first-order valence-corrected chi connectivity index (χ1v) is 11.4. The summed E-state index contributed by atoms with van der Waals surface area (Å²) in [5.41, 5.74) is 4.69. The summed E-state index contributed by atoms with van der Waals surface area (Å²) >= 11 is 0. The Bertz CT molecular complexity index is 1220. The van der Waals surface area contributed by atoms with E-state index < -0.39 is 0 Å². The lowest BCUT2D eigenvalue weighted by molar-refractivity contribution is 0.0962. The fraction of sp³-hybridized carbons (Fsp3) is 0.308. The fourth-order valence-corrected chi connectivity index (χ4v) is 4.39. The van der Waals surface area contributed by atoms with Gasteiger partial charge in [0.2, 0.25) is 0 Å². The van der Waals surface area contributed by atoms with E-state index in [0.29, 0.717) is 11.7 Å². The number of hydrogen-bond acceptors (Lipinski definition) is 4. The van der Waals surface area contributed by atoms with Crippen LogP contribution in [0, 0.1) is 0 Å². The molecule has 2 fully saturated rings. The summed E-state index contributed by atoms with van der Waals surface area (Å²) in [6, 6.07) is 13.0. The molecule has 0 radical (unpaired) electrons. The van der Waals surface area contributed by atoms with Crippen LogP contribution in [0.2, 0.25) is 0 Å². The molecule has 3 aliphatic carbocycles. The maximum absolute atomic E-state index is 12.9. The van der Waals surface area contributed by atoms with E-state index in [1.54, 1.807) is 6.20 Å². The first-order valence-electron chi connectivity index (χ1n) is 11.4. The number of rotatable bonds is 6. The highest BCUT2D eigenvalue weighted by Crippen LogP contribution is 2.40. The molecule has 0 bridgehead atoms. The van der Waals surface area contributed by atoms with Crippen molar-refractivity contribution in [2.24, 2.45) is 0 Å². The number of pyridine rings is 1. The maximum Gasteiger partial charge on any atom is 0.274 e. The number of benzene rings is 1. The van der Waals surface area contributed by atoms with Crippen LogP contribution < -0.4 is 5.32 Å². The van der Waals surface area contributed by atoms with Gasteiger partial charge in [0.15, 0.2) is 0 Å². The molecule has 3 aliphatic rings. The Balaban J connectivity index is 1.19. The summed E-state index contributed by atoms with van der Waals surface area (Å²) in [4.78, 5) is 17.3. The SMILES string of the molecule is O=C(NC1=CC(c2nncn2C2CC2)CC=C1)c1cc(-c2ccc(C3CC3)cc2)ccn1. The molecule has 2 aromatic heterocycles. The Morgan fingerprint density at radius 3 is 2.66 bits per heavy atom. The molecule has 0 aliphatic heterocycles. The molecule has 1 N–H and O–H groups in total. The molecule has 6 nitrogen and oxygen atoms in total. The molecule has 32 heavy (non-hydrogen) atoms. The minimum atomic E-state index is -0.207. The Morgan fingerprint density at radius 1 is 1.03 bits per heavy atom. The summed E-state index contributed by atoms with van der Waals surface area (Å²) in [5.74, 6) is 1.62. The van der Waals surface area contributed by atoms with Gasteiger partial charge in [-0.15, -0.1) is 10.2 Å². The Labute approximate surface area is 187 Å². The van der Waals surface area contributed by atoms with Gasteiger partial charge in [-0.1, -0.05) is 30.3 Å². The van der Waals surface area contributed by atoms with Gasteiger partial charge in [0.25, 0.3) is 5.91 Å². The second-order valence-corrected chi connectivity index (χ2v) is 8.97. The molecular formula is C26H25N5O. The molecule has 1 unspecified atom stereocenters. The number of nitrogens with zero attached hydrogens (tertiary/aromatic N) is 4. The lowest BCUT2D eigenvalue weighted by Crippen LogP contribution is -2.24. The van der Waals surface area contributed by atoms with Crippen LogP contribution in [0.3, 0.4) is 0 Å². The average Bonchev–Trinajstić information content (AvgIpc) is 3.78. The molecule has 2 heterocycles. The number of amides is 1. The third-order valence-electron chi connectivity index (χ3n) is 6.48. The number of carbonyl (C=O) groups is 1. The van der Waals surface area contributed by atoms with Crippen molar-refractivity contribution >= 4 is 5.91 Å². The van der Waals surface area contributed by atoms with E-state index in [1.807, 2.05) is 24.5 Å². The minimum Gasteiger partial charge on any atom is -0.321 e. The van der Waals surface area contributed by atoms with Crippen molar-refractivity contribution in [3.8, 4) is 11.1 Å². The molecule has 160 valence electrons. The summed E-state index contributed by atoms with van der Waals surface area (Å²) in [6.45, 7) is 0. The van der Waals surface area contributed by atoms with Gasteiger partial charge in [-0.25, -0.2) is 0 Å². The average molecular weight is 424 g/mol. The van der Waals surface area contributed by atoms with Crippen molar-refractivity contribution in [2.75, 3.05) is 0 Å². The van der Waals surface area contributed by atoms with Crippen molar-refractivity contribution in [1.29, 1.82) is 0 Å². The number of aromatic nitrogens is 4. The van der Waals surface area contributed by atoms with Gasteiger partial charge in [-0.3, -0.25) is 9.78 Å². The molecule has 0 spiro atoms. The predicted octanol–water partition coefficient (Wildman–Crippen LogP) is 4.91. The van der Waals surface area contributed by atoms with Crippen LogP contribution in [0.25, 0.3) is 11.1 Å². The van der Waals surface area contributed by atoms with E-state index in [9.17, 15) is 4.79 Å². The molecule has 1 atom stereocenters. The van der Waals surface area contributed by atoms with E-state index in [2.05, 4.69) is 61.5 Å². The van der Waals surface area contributed by atoms with Crippen LogP contribution in [0.4, 0.5) is 0 Å². The Hall–Kier alpha value is -3.54. The third kappa shape index (κ3) is 3.88. The zero-order chi connectivity index (χ0) is 21.5. The Kier molecular flexibility index (Phi) is 4.71. The van der Waals surface area contributed by atoms with Crippen molar-refractivity contribution in [3.63, 3.8) is 0 Å². The third-order valence-corrected chi connectivity index (χ3v) is 6.48. The van der Waals surface area contributed by atoms with Crippen LogP contribution >= 0.6 is 0 Å². The number of allylic oxidation sites excluding steroid dienone is 3. The summed E-state index contributed by atoms with van der Waals surface area (Å²) in [5, 5.41) is 11.5. The highest BCUT2D eigenvalue weighted by Gasteiger charge is 2.29. The van der Waals surface area contributed by atoms with Gasteiger partial charge >= 0.3 is 0 Å². The standard InChI is InChI=1S/C26H25N5O/c32-26(24-15-20(12-13-27-24)19-8-6-18(7-9-19)17-4-5-17)29-22-3-1-2-21(14-22)25-30-28-16-31(25)23-10-11-23/h1,3,6-9,12-17,21,23H,2,4-5,10-11H2,(H,29,32). The lowest BCUT2D eigenvalue weighted by Gasteiger charge is -2.17. The van der Waals surface area contributed by atoms with Crippen molar-refractivity contribution in [2.45, 2.75) is 50.0 Å².